The van der Waals surface area contributed by atoms with E-state index in [0.29, 0.717) is 0 Å². The fraction of sp³-hybridized carbons (Fsp3) is 0.235. The summed E-state index contributed by atoms with van der Waals surface area (Å²) in [5.41, 5.74) is 2.98. The van der Waals surface area contributed by atoms with E-state index in [2.05, 4.69) is 21.2 Å². The predicted octanol–water partition coefficient (Wildman–Crippen LogP) is 4.89. The van der Waals surface area contributed by atoms with Crippen LogP contribution in [0.15, 0.2) is 53.0 Å². The molecule has 1 amide bonds. The summed E-state index contributed by atoms with van der Waals surface area (Å²) in [6, 6.07) is 15.8. The molecule has 0 aromatic heterocycles. The maximum Gasteiger partial charge on any atom is 0.231 e. The van der Waals surface area contributed by atoms with Gasteiger partial charge in [0.25, 0.3) is 0 Å². The number of hydrogen-bond donors (Lipinski definition) is 1. The summed E-state index contributed by atoms with van der Waals surface area (Å²) >= 11 is 3.43. The molecule has 0 bridgehead atoms. The van der Waals surface area contributed by atoms with Crippen LogP contribution in [-0.4, -0.2) is 5.91 Å². The molecule has 2 nitrogen and oxygen atoms in total. The maximum atomic E-state index is 12.5. The molecule has 0 aliphatic carbocycles. The molecule has 20 heavy (non-hydrogen) atoms. The van der Waals surface area contributed by atoms with Crippen molar-refractivity contribution in [3.05, 3.63) is 64.1 Å². The molecule has 104 valence electrons. The second-order valence-corrected chi connectivity index (χ2v) is 5.74. The number of nitrogens with one attached hydrogen (secondary N) is 1. The van der Waals surface area contributed by atoms with Crippen LogP contribution in [0.2, 0.25) is 0 Å². The third kappa shape index (κ3) is 3.48. The number of carbonyl (C=O) groups excluding carboxylic acids is 1. The highest BCUT2D eigenvalue weighted by atomic mass is 79.9. The first-order valence-electron chi connectivity index (χ1n) is 6.73. The summed E-state index contributed by atoms with van der Waals surface area (Å²) in [6.45, 7) is 4.02. The van der Waals surface area contributed by atoms with E-state index in [1.165, 1.54) is 0 Å². The SMILES string of the molecule is CC[C@@H](C(=O)Nc1ccc(Br)cc1C)c1ccccc1. The average Bonchev–Trinajstić information content (AvgIpc) is 2.44. The molecule has 2 aromatic carbocycles. The van der Waals surface area contributed by atoms with Gasteiger partial charge in [-0.2, -0.15) is 0 Å². The first-order valence-corrected chi connectivity index (χ1v) is 7.53. The van der Waals surface area contributed by atoms with Gasteiger partial charge < -0.3 is 5.32 Å². The highest BCUT2D eigenvalue weighted by molar-refractivity contribution is 9.10. The Morgan fingerprint density at radius 1 is 1.20 bits per heavy atom. The van der Waals surface area contributed by atoms with Gasteiger partial charge in [0.15, 0.2) is 0 Å². The van der Waals surface area contributed by atoms with Gasteiger partial charge in [0, 0.05) is 10.2 Å². The van der Waals surface area contributed by atoms with Gasteiger partial charge in [0.2, 0.25) is 5.91 Å². The summed E-state index contributed by atoms with van der Waals surface area (Å²) in [5.74, 6) is -0.0663. The number of amides is 1. The lowest BCUT2D eigenvalue weighted by molar-refractivity contribution is -0.117. The van der Waals surface area contributed by atoms with Crippen molar-refractivity contribution in [2.24, 2.45) is 0 Å². The zero-order valence-electron chi connectivity index (χ0n) is 11.7. The van der Waals surface area contributed by atoms with Crippen molar-refractivity contribution in [3.63, 3.8) is 0 Å². The number of hydrogen-bond acceptors (Lipinski definition) is 1. The normalized spacial score (nSPS) is 11.9. The van der Waals surface area contributed by atoms with Crippen LogP contribution in [0.1, 0.15) is 30.4 Å². The number of benzene rings is 2. The smallest absolute Gasteiger partial charge is 0.231 e. The molecule has 2 aromatic rings. The van der Waals surface area contributed by atoms with Crippen LogP contribution in [0.3, 0.4) is 0 Å². The van der Waals surface area contributed by atoms with Gasteiger partial charge in [-0.25, -0.2) is 0 Å². The first-order chi connectivity index (χ1) is 9.61. The van der Waals surface area contributed by atoms with E-state index in [0.717, 1.165) is 27.7 Å². The van der Waals surface area contributed by atoms with E-state index in [4.69, 9.17) is 0 Å². The molecule has 3 heteroatoms. The minimum atomic E-state index is -0.112. The third-order valence-electron chi connectivity index (χ3n) is 3.37. The fourth-order valence-corrected chi connectivity index (χ4v) is 2.72. The largest absolute Gasteiger partial charge is 0.325 e. The van der Waals surface area contributed by atoms with Crippen molar-refractivity contribution in [2.75, 3.05) is 5.32 Å². The molecule has 1 atom stereocenters. The second kappa shape index (κ2) is 6.71. The lowest BCUT2D eigenvalue weighted by Crippen LogP contribution is -2.21. The van der Waals surface area contributed by atoms with Gasteiger partial charge in [0.05, 0.1) is 5.92 Å². The predicted molar refractivity (Wildman–Crippen MR) is 87.0 cm³/mol. The summed E-state index contributed by atoms with van der Waals surface area (Å²) in [7, 11) is 0. The Morgan fingerprint density at radius 3 is 2.50 bits per heavy atom. The molecule has 0 fully saturated rings. The van der Waals surface area contributed by atoms with Gasteiger partial charge in [0.1, 0.15) is 0 Å². The Morgan fingerprint density at radius 2 is 1.90 bits per heavy atom. The van der Waals surface area contributed by atoms with Crippen LogP contribution in [0.5, 0.6) is 0 Å². The van der Waals surface area contributed by atoms with Gasteiger partial charge in [-0.05, 0) is 42.7 Å². The molecule has 0 heterocycles. The zero-order chi connectivity index (χ0) is 14.5. The van der Waals surface area contributed by atoms with Crippen LogP contribution in [0.4, 0.5) is 5.69 Å². The molecule has 2 rings (SSSR count). The highest BCUT2D eigenvalue weighted by Crippen LogP contribution is 2.24. The molecule has 0 spiro atoms. The van der Waals surface area contributed by atoms with Gasteiger partial charge in [-0.1, -0.05) is 53.2 Å². The highest BCUT2D eigenvalue weighted by Gasteiger charge is 2.18. The van der Waals surface area contributed by atoms with Crippen molar-refractivity contribution in [3.8, 4) is 0 Å². The van der Waals surface area contributed by atoms with Crippen molar-refractivity contribution in [1.82, 2.24) is 0 Å². The Kier molecular flexibility index (Phi) is 4.96. The van der Waals surface area contributed by atoms with E-state index < -0.39 is 0 Å². The quantitative estimate of drug-likeness (QED) is 0.849. The summed E-state index contributed by atoms with van der Waals surface area (Å²) < 4.78 is 1.02. The monoisotopic (exact) mass is 331 g/mol. The van der Waals surface area contributed by atoms with E-state index >= 15 is 0 Å². The first kappa shape index (κ1) is 14.8. The van der Waals surface area contributed by atoms with Crippen molar-refractivity contribution in [2.45, 2.75) is 26.2 Å². The van der Waals surface area contributed by atoms with Crippen LogP contribution in [0.25, 0.3) is 0 Å². The summed E-state index contributed by atoms with van der Waals surface area (Å²) in [6.07, 6.45) is 0.783. The standard InChI is InChI=1S/C17H18BrNO/c1-3-15(13-7-5-4-6-8-13)17(20)19-16-10-9-14(18)11-12(16)2/h4-11,15H,3H2,1-2H3,(H,19,20)/t15-/m1/s1. The summed E-state index contributed by atoms with van der Waals surface area (Å²) in [5, 5.41) is 3.03. The Balaban J connectivity index is 2.18. The van der Waals surface area contributed by atoms with E-state index in [1.807, 2.05) is 62.4 Å². The molecule has 0 saturated heterocycles. The summed E-state index contributed by atoms with van der Waals surface area (Å²) in [4.78, 5) is 12.5. The lowest BCUT2D eigenvalue weighted by Gasteiger charge is -2.16. The van der Waals surface area contributed by atoms with Crippen molar-refractivity contribution in [1.29, 1.82) is 0 Å². The Labute approximate surface area is 128 Å². The van der Waals surface area contributed by atoms with E-state index in [9.17, 15) is 4.79 Å². The molecular weight excluding hydrogens is 314 g/mol. The van der Waals surface area contributed by atoms with Gasteiger partial charge in [-0.15, -0.1) is 0 Å². The van der Waals surface area contributed by atoms with E-state index in [1.54, 1.807) is 0 Å². The number of aryl methyl sites for hydroxylation is 1. The molecule has 0 radical (unpaired) electrons. The molecular formula is C17H18BrNO. The van der Waals surface area contributed by atoms with E-state index in [-0.39, 0.29) is 11.8 Å². The van der Waals surface area contributed by atoms with Crippen LogP contribution < -0.4 is 5.32 Å². The Hall–Kier alpha value is -1.61. The van der Waals surface area contributed by atoms with Crippen LogP contribution in [-0.2, 0) is 4.79 Å². The van der Waals surface area contributed by atoms with Crippen molar-refractivity contribution >= 4 is 27.5 Å². The zero-order valence-corrected chi connectivity index (χ0v) is 13.3. The Bertz CT molecular complexity index is 595. The van der Waals surface area contributed by atoms with Crippen LogP contribution in [0, 0.1) is 6.92 Å². The maximum absolute atomic E-state index is 12.5. The fourth-order valence-electron chi connectivity index (χ4n) is 2.24. The molecule has 0 saturated carbocycles. The number of carbonyl (C=O) groups is 1. The van der Waals surface area contributed by atoms with Crippen molar-refractivity contribution < 1.29 is 4.79 Å². The van der Waals surface area contributed by atoms with Crippen LogP contribution >= 0.6 is 15.9 Å². The molecule has 0 unspecified atom stereocenters. The second-order valence-electron chi connectivity index (χ2n) is 4.82. The topological polar surface area (TPSA) is 29.1 Å². The molecule has 1 N–H and O–H groups in total. The molecule has 0 aliphatic rings. The average molecular weight is 332 g/mol. The minimum Gasteiger partial charge on any atom is -0.325 e. The molecule has 0 aliphatic heterocycles. The number of anilines is 1. The van der Waals surface area contributed by atoms with Gasteiger partial charge >= 0.3 is 0 Å². The van der Waals surface area contributed by atoms with Gasteiger partial charge in [-0.3, -0.25) is 4.79 Å². The number of halogens is 1. The third-order valence-corrected chi connectivity index (χ3v) is 3.87. The lowest BCUT2D eigenvalue weighted by atomic mass is 9.95. The minimum absolute atomic E-state index is 0.0455. The number of rotatable bonds is 4.